The van der Waals surface area contributed by atoms with E-state index in [2.05, 4.69) is 15.3 Å². The van der Waals surface area contributed by atoms with Crippen molar-refractivity contribution in [2.24, 2.45) is 11.3 Å². The first-order valence-electron chi connectivity index (χ1n) is 11.6. The predicted octanol–water partition coefficient (Wildman–Crippen LogP) is 0.946. The maximum absolute atomic E-state index is 13.4. The van der Waals surface area contributed by atoms with Crippen molar-refractivity contribution < 1.29 is 24.4 Å². The van der Waals surface area contributed by atoms with Gasteiger partial charge in [0.15, 0.2) is 0 Å². The van der Waals surface area contributed by atoms with Crippen LogP contribution in [0.25, 0.3) is 0 Å². The number of piperazine rings is 1. The van der Waals surface area contributed by atoms with Crippen LogP contribution in [-0.4, -0.2) is 92.9 Å². The second-order valence-electron chi connectivity index (χ2n) is 9.58. The number of nitrogens with one attached hydrogen (secondary N) is 1. The minimum atomic E-state index is -0.797. The molecular formula is C23H36N6O5. The van der Waals surface area contributed by atoms with Crippen molar-refractivity contribution in [1.82, 2.24) is 30.1 Å². The van der Waals surface area contributed by atoms with E-state index in [1.54, 1.807) is 9.80 Å². The Morgan fingerprint density at radius 3 is 2.35 bits per heavy atom. The van der Waals surface area contributed by atoms with Crippen molar-refractivity contribution >= 4 is 24.1 Å². The molecule has 1 unspecified atom stereocenters. The Kier molecular flexibility index (Phi) is 9.91. The zero-order chi connectivity index (χ0) is 25.3. The number of rotatable bonds is 10. The minimum absolute atomic E-state index is 0.135. The first kappa shape index (κ1) is 27.2. The molecule has 0 bridgehead atoms. The van der Waals surface area contributed by atoms with Crippen LogP contribution < -0.4 is 5.32 Å². The molecule has 2 N–H and O–H groups in total. The highest BCUT2D eigenvalue weighted by atomic mass is 16.5. The van der Waals surface area contributed by atoms with E-state index in [1.165, 1.54) is 18.6 Å². The monoisotopic (exact) mass is 476 g/mol. The third kappa shape index (κ3) is 7.47. The summed E-state index contributed by atoms with van der Waals surface area (Å²) in [6, 6.07) is -0.797. The molecular weight excluding hydrogens is 440 g/mol. The van der Waals surface area contributed by atoms with E-state index < -0.39 is 17.4 Å². The summed E-state index contributed by atoms with van der Waals surface area (Å²) in [6.07, 6.45) is 6.73. The van der Waals surface area contributed by atoms with Gasteiger partial charge in [-0.25, -0.2) is 10.0 Å². The van der Waals surface area contributed by atoms with Gasteiger partial charge in [0.25, 0.3) is 5.91 Å². The van der Waals surface area contributed by atoms with E-state index in [1.807, 2.05) is 27.7 Å². The molecule has 0 saturated carbocycles. The number of carbonyl (C=O) groups is 4. The number of hydrogen-bond donors (Lipinski definition) is 2. The Balaban J connectivity index is 2.05. The van der Waals surface area contributed by atoms with Crippen LogP contribution >= 0.6 is 0 Å². The molecule has 4 amide bonds. The Labute approximate surface area is 200 Å². The van der Waals surface area contributed by atoms with Crippen LogP contribution in [0, 0.1) is 11.3 Å². The summed E-state index contributed by atoms with van der Waals surface area (Å²) >= 11 is 0. The lowest BCUT2D eigenvalue weighted by molar-refractivity contribution is -0.155. The fourth-order valence-electron chi connectivity index (χ4n) is 3.82. The van der Waals surface area contributed by atoms with Gasteiger partial charge in [-0.3, -0.25) is 29.4 Å². The summed E-state index contributed by atoms with van der Waals surface area (Å²) < 4.78 is 0. The van der Waals surface area contributed by atoms with Crippen molar-refractivity contribution in [2.75, 3.05) is 32.7 Å². The van der Waals surface area contributed by atoms with Crippen molar-refractivity contribution in [3.8, 4) is 0 Å². The fraction of sp³-hybridized carbons (Fsp3) is 0.652. The molecule has 1 aliphatic heterocycles. The van der Waals surface area contributed by atoms with Gasteiger partial charge in [-0.15, -0.1) is 0 Å². The molecule has 2 rings (SSSR count). The minimum Gasteiger partial charge on any atom is -0.344 e. The maximum atomic E-state index is 13.4. The number of aromatic nitrogens is 2. The molecule has 2 atom stereocenters. The molecule has 34 heavy (non-hydrogen) atoms. The van der Waals surface area contributed by atoms with Crippen LogP contribution in [0.1, 0.15) is 57.4 Å². The molecule has 1 aromatic heterocycles. The smallest absolute Gasteiger partial charge is 0.274 e. The van der Waals surface area contributed by atoms with Gasteiger partial charge in [0.05, 0.1) is 18.7 Å². The summed E-state index contributed by atoms with van der Waals surface area (Å²) in [7, 11) is 0. The average Bonchev–Trinajstić information content (AvgIpc) is 2.83. The van der Waals surface area contributed by atoms with Crippen molar-refractivity contribution in [2.45, 2.75) is 53.0 Å². The highest BCUT2D eigenvalue weighted by Crippen LogP contribution is 2.23. The second-order valence-corrected chi connectivity index (χ2v) is 9.58. The maximum Gasteiger partial charge on any atom is 0.274 e. The summed E-state index contributed by atoms with van der Waals surface area (Å²) in [5, 5.41) is 12.9. The van der Waals surface area contributed by atoms with Crippen LogP contribution in [-0.2, 0) is 14.4 Å². The van der Waals surface area contributed by atoms with Gasteiger partial charge in [0.1, 0.15) is 11.7 Å². The Hall–Kier alpha value is -3.08. The summed E-state index contributed by atoms with van der Waals surface area (Å²) in [5.74, 6) is -1.46. The van der Waals surface area contributed by atoms with Gasteiger partial charge in [-0.1, -0.05) is 40.5 Å². The average molecular weight is 477 g/mol. The molecule has 1 aliphatic rings. The summed E-state index contributed by atoms with van der Waals surface area (Å²) in [6.45, 7) is 8.83. The summed E-state index contributed by atoms with van der Waals surface area (Å²) in [4.78, 5) is 61.2. The Morgan fingerprint density at radius 2 is 1.82 bits per heavy atom. The van der Waals surface area contributed by atoms with Gasteiger partial charge in [-0.2, -0.15) is 0 Å². The number of amides is 4. The van der Waals surface area contributed by atoms with Crippen LogP contribution in [0.3, 0.4) is 0 Å². The number of carbonyl (C=O) groups excluding carboxylic acids is 4. The van der Waals surface area contributed by atoms with Gasteiger partial charge in [0, 0.05) is 38.6 Å². The Bertz CT molecular complexity index is 836. The van der Waals surface area contributed by atoms with Crippen molar-refractivity contribution in [3.63, 3.8) is 0 Å². The standard InChI is InChI=1S/C23H36N6O5/c1-5-6-7-17(15-29(34)16-30)20(31)26-19(23(2,3)4)22(33)28-12-10-27(11-13-28)21(32)18-14-24-8-9-25-18/h8-9,14,16-17,19,34H,5-7,10-13,15H2,1-4H3,(H,26,31)/t17-,19?/m1/s1. The number of hydrogen-bond acceptors (Lipinski definition) is 7. The molecule has 1 fully saturated rings. The third-order valence-corrected chi connectivity index (χ3v) is 5.87. The normalized spacial score (nSPS) is 15.9. The molecule has 11 nitrogen and oxygen atoms in total. The zero-order valence-electron chi connectivity index (χ0n) is 20.4. The first-order valence-corrected chi connectivity index (χ1v) is 11.6. The van der Waals surface area contributed by atoms with Crippen molar-refractivity contribution in [1.29, 1.82) is 0 Å². The lowest BCUT2D eigenvalue weighted by Gasteiger charge is -2.39. The number of nitrogens with zero attached hydrogens (tertiary/aromatic N) is 5. The van der Waals surface area contributed by atoms with E-state index in [4.69, 9.17) is 0 Å². The molecule has 1 saturated heterocycles. The van der Waals surface area contributed by atoms with E-state index in [9.17, 15) is 24.4 Å². The highest BCUT2D eigenvalue weighted by molar-refractivity contribution is 5.92. The highest BCUT2D eigenvalue weighted by Gasteiger charge is 2.38. The van der Waals surface area contributed by atoms with Gasteiger partial charge < -0.3 is 15.1 Å². The molecule has 188 valence electrons. The zero-order valence-corrected chi connectivity index (χ0v) is 20.4. The quantitative estimate of drug-likeness (QED) is 0.291. The van der Waals surface area contributed by atoms with Crippen LogP contribution in [0.15, 0.2) is 18.6 Å². The van der Waals surface area contributed by atoms with Crippen molar-refractivity contribution in [3.05, 3.63) is 24.3 Å². The predicted molar refractivity (Wildman–Crippen MR) is 123 cm³/mol. The molecule has 2 heterocycles. The number of hydroxylamine groups is 2. The first-order chi connectivity index (χ1) is 16.1. The fourth-order valence-corrected chi connectivity index (χ4v) is 3.82. The van der Waals surface area contributed by atoms with Gasteiger partial charge in [-0.05, 0) is 11.8 Å². The lowest BCUT2D eigenvalue weighted by atomic mass is 9.85. The summed E-state index contributed by atoms with van der Waals surface area (Å²) in [5.41, 5.74) is -0.313. The lowest BCUT2D eigenvalue weighted by Crippen LogP contribution is -2.60. The molecule has 0 aliphatic carbocycles. The SMILES string of the molecule is CCCC[C@H](CN(O)C=O)C(=O)NC(C(=O)N1CCN(C(=O)c2cnccn2)CC1)C(C)(C)C. The van der Waals surface area contributed by atoms with Crippen LogP contribution in [0.2, 0.25) is 0 Å². The van der Waals surface area contributed by atoms with E-state index in [-0.39, 0.29) is 36.4 Å². The van der Waals surface area contributed by atoms with Gasteiger partial charge in [0.2, 0.25) is 18.2 Å². The molecule has 0 spiro atoms. The molecule has 0 aromatic carbocycles. The molecule has 0 radical (unpaired) electrons. The van der Waals surface area contributed by atoms with E-state index >= 15 is 0 Å². The van der Waals surface area contributed by atoms with Gasteiger partial charge >= 0.3 is 0 Å². The third-order valence-electron chi connectivity index (χ3n) is 5.87. The topological polar surface area (TPSA) is 136 Å². The van der Waals surface area contributed by atoms with E-state index in [0.717, 1.165) is 12.8 Å². The molecule has 11 heteroatoms. The van der Waals surface area contributed by atoms with Crippen LogP contribution in [0.5, 0.6) is 0 Å². The molecule has 1 aromatic rings. The van der Waals surface area contributed by atoms with Crippen LogP contribution in [0.4, 0.5) is 0 Å². The largest absolute Gasteiger partial charge is 0.344 e. The second kappa shape index (κ2) is 12.4. The number of unbranched alkanes of at least 4 members (excludes halogenated alkanes) is 1. The Morgan fingerprint density at radius 1 is 1.18 bits per heavy atom. The van der Waals surface area contributed by atoms with E-state index in [0.29, 0.717) is 37.7 Å².